The minimum Gasteiger partial charge on any atom is -0.450 e. The molecule has 0 saturated carbocycles. The summed E-state index contributed by atoms with van der Waals surface area (Å²) in [6, 6.07) is 4.36. The number of aromatic nitrogens is 2. The molecule has 0 aliphatic carbocycles. The number of alkyl halides is 2. The van der Waals surface area contributed by atoms with Gasteiger partial charge in [0, 0.05) is 43.1 Å². The third kappa shape index (κ3) is 5.18. The first kappa shape index (κ1) is 28.4. The summed E-state index contributed by atoms with van der Waals surface area (Å²) >= 11 is 0. The lowest BCUT2D eigenvalue weighted by atomic mass is 9.92. The molecule has 210 valence electrons. The highest BCUT2D eigenvalue weighted by molar-refractivity contribution is 5.90. The van der Waals surface area contributed by atoms with Crippen molar-refractivity contribution in [1.82, 2.24) is 14.5 Å². The number of hydrogen-bond acceptors (Lipinski definition) is 7. The zero-order valence-corrected chi connectivity index (χ0v) is 21.9. The lowest BCUT2D eigenvalue weighted by Gasteiger charge is -2.38. The summed E-state index contributed by atoms with van der Waals surface area (Å²) in [5.74, 6) is -4.85. The number of benzene rings is 1. The minimum atomic E-state index is -2.98. The third-order valence-electron chi connectivity index (χ3n) is 7.28. The van der Waals surface area contributed by atoms with Gasteiger partial charge in [0.15, 0.2) is 0 Å². The molecule has 2 aromatic heterocycles. The van der Waals surface area contributed by atoms with Crippen LogP contribution in [0.4, 0.5) is 23.7 Å². The van der Waals surface area contributed by atoms with Crippen LogP contribution in [0.5, 0.6) is 0 Å². The van der Waals surface area contributed by atoms with E-state index in [1.165, 1.54) is 16.7 Å². The van der Waals surface area contributed by atoms with Gasteiger partial charge in [-0.3, -0.25) is 9.69 Å². The van der Waals surface area contributed by atoms with E-state index >= 15 is 0 Å². The molecule has 2 aliphatic rings. The molecule has 12 heteroatoms. The number of nitrogens with two attached hydrogens (primary N) is 1. The summed E-state index contributed by atoms with van der Waals surface area (Å²) in [5.41, 5.74) is 8.61. The normalized spacial score (nSPS) is 17.8. The highest BCUT2D eigenvalue weighted by atomic mass is 19.3. The van der Waals surface area contributed by atoms with Crippen LogP contribution in [0.15, 0.2) is 23.0 Å². The Morgan fingerprint density at radius 2 is 1.97 bits per heavy atom. The lowest BCUT2D eigenvalue weighted by Crippen LogP contribution is -2.48. The van der Waals surface area contributed by atoms with E-state index < -0.39 is 49.0 Å². The number of likely N-dealkylation sites (tertiary alicyclic amines) is 1. The van der Waals surface area contributed by atoms with Crippen molar-refractivity contribution in [2.45, 2.75) is 52.8 Å². The smallest absolute Gasteiger partial charge is 0.450 e. The summed E-state index contributed by atoms with van der Waals surface area (Å²) in [5, 5.41) is 18.9. The van der Waals surface area contributed by atoms with Crippen molar-refractivity contribution in [2.75, 3.05) is 25.4 Å². The summed E-state index contributed by atoms with van der Waals surface area (Å²) in [7, 11) is 0. The second-order valence-corrected chi connectivity index (χ2v) is 9.57. The van der Waals surface area contributed by atoms with Gasteiger partial charge in [0.25, 0.3) is 11.5 Å². The van der Waals surface area contributed by atoms with E-state index in [0.717, 1.165) is 0 Å². The third-order valence-corrected chi connectivity index (χ3v) is 7.28. The quantitative estimate of drug-likeness (QED) is 0.251. The fourth-order valence-corrected chi connectivity index (χ4v) is 5.21. The number of aliphatic hydroxyl groups excluding tert-OH is 1. The van der Waals surface area contributed by atoms with Crippen molar-refractivity contribution in [3.05, 3.63) is 56.6 Å². The van der Waals surface area contributed by atoms with Crippen molar-refractivity contribution in [2.24, 2.45) is 5.92 Å². The Balaban J connectivity index is 0.00000172. The Labute approximate surface area is 222 Å². The zero-order valence-electron chi connectivity index (χ0n) is 21.9. The number of pyridine rings is 2. The second kappa shape index (κ2) is 10.9. The number of aryl methyl sites for hydroxylation is 1. The molecule has 39 heavy (non-hydrogen) atoms. The highest BCUT2D eigenvalue weighted by Crippen LogP contribution is 2.39. The van der Waals surface area contributed by atoms with Crippen molar-refractivity contribution in [3.63, 3.8) is 0 Å². The minimum absolute atomic E-state index is 0.0402. The van der Waals surface area contributed by atoms with Gasteiger partial charge in [0.1, 0.15) is 12.4 Å². The molecule has 0 bridgehead atoms. The molecule has 0 amide bonds. The molecule has 0 spiro atoms. The van der Waals surface area contributed by atoms with Gasteiger partial charge in [-0.25, -0.2) is 22.9 Å². The SMILES string of the molecule is CC.Cc1cc2n(c(=O)c1COC(=O)O)Cc1c-2nc2cc(F)c(N)cc2c1CN1CCC(F)(F)C(CO)C1. The molecule has 0 radical (unpaired) electrons. The summed E-state index contributed by atoms with van der Waals surface area (Å²) in [4.78, 5) is 30.6. The van der Waals surface area contributed by atoms with Crippen LogP contribution in [0.1, 0.15) is 42.5 Å². The number of carbonyl (C=O) groups is 1. The van der Waals surface area contributed by atoms with Gasteiger partial charge in [-0.1, -0.05) is 13.8 Å². The van der Waals surface area contributed by atoms with Gasteiger partial charge in [-0.2, -0.15) is 0 Å². The van der Waals surface area contributed by atoms with Crippen molar-refractivity contribution < 1.29 is 32.9 Å². The fraction of sp³-hybridized carbons (Fsp3) is 0.444. The molecule has 1 atom stereocenters. The number of anilines is 1. The Morgan fingerprint density at radius 3 is 2.64 bits per heavy atom. The van der Waals surface area contributed by atoms with Crippen molar-refractivity contribution >= 4 is 22.7 Å². The van der Waals surface area contributed by atoms with Crippen LogP contribution in [0, 0.1) is 18.7 Å². The molecule has 9 nitrogen and oxygen atoms in total. The van der Waals surface area contributed by atoms with Crippen molar-refractivity contribution in [1.29, 1.82) is 0 Å². The summed E-state index contributed by atoms with van der Waals surface area (Å²) < 4.78 is 48.9. The number of piperidine rings is 1. The number of nitrogen functional groups attached to an aromatic ring is 1. The molecular formula is C27H31F3N4O5. The maximum Gasteiger partial charge on any atom is 0.506 e. The van der Waals surface area contributed by atoms with Crippen LogP contribution in [-0.4, -0.2) is 56.4 Å². The first-order valence-corrected chi connectivity index (χ1v) is 12.7. The predicted molar refractivity (Wildman–Crippen MR) is 139 cm³/mol. The maximum absolute atomic E-state index is 14.4. The van der Waals surface area contributed by atoms with Crippen LogP contribution >= 0.6 is 0 Å². The average molecular weight is 549 g/mol. The van der Waals surface area contributed by atoms with Gasteiger partial charge in [-0.05, 0) is 30.2 Å². The fourth-order valence-electron chi connectivity index (χ4n) is 5.21. The largest absolute Gasteiger partial charge is 0.506 e. The highest BCUT2D eigenvalue weighted by Gasteiger charge is 2.43. The van der Waals surface area contributed by atoms with E-state index in [-0.39, 0.29) is 37.4 Å². The van der Waals surface area contributed by atoms with E-state index in [1.807, 2.05) is 13.8 Å². The lowest BCUT2D eigenvalue weighted by molar-refractivity contribution is -0.121. The Bertz CT molecular complexity index is 1490. The van der Waals surface area contributed by atoms with Crippen LogP contribution in [0.25, 0.3) is 22.3 Å². The van der Waals surface area contributed by atoms with E-state index in [2.05, 4.69) is 9.72 Å². The van der Waals surface area contributed by atoms with Crippen LogP contribution < -0.4 is 11.3 Å². The summed E-state index contributed by atoms with van der Waals surface area (Å²) in [6.07, 6.45) is -1.91. The standard InChI is InChI=1S/C25H25F3N4O5.C2H6/c1-12-4-21-22-16(9-32(21)23(34)17(12)11-37-24(35)36)15(14-5-19(29)18(26)6-20(14)30-22)8-31-3-2-25(27,28)13(7-31)10-33;1-2/h4-6,13,33H,2-3,7-11,29H2,1H3,(H,35,36);1-2H3. The number of fused-ring (bicyclic) bond motifs is 4. The molecule has 1 aromatic carbocycles. The van der Waals surface area contributed by atoms with Gasteiger partial charge in [-0.15, -0.1) is 0 Å². The molecular weight excluding hydrogens is 517 g/mol. The topological polar surface area (TPSA) is 131 Å². The number of aliphatic hydroxyl groups is 1. The predicted octanol–water partition coefficient (Wildman–Crippen LogP) is 4.13. The van der Waals surface area contributed by atoms with Gasteiger partial charge in [0.05, 0.1) is 47.2 Å². The molecule has 3 aromatic rings. The number of carboxylic acid groups (broad SMARTS) is 1. The van der Waals surface area contributed by atoms with Crippen LogP contribution in [-0.2, 0) is 24.4 Å². The van der Waals surface area contributed by atoms with Gasteiger partial charge < -0.3 is 25.3 Å². The monoisotopic (exact) mass is 548 g/mol. The Kier molecular flexibility index (Phi) is 7.89. The number of hydrogen-bond donors (Lipinski definition) is 3. The first-order chi connectivity index (χ1) is 18.5. The zero-order chi connectivity index (χ0) is 28.6. The number of nitrogens with zero attached hydrogens (tertiary/aromatic N) is 3. The molecule has 1 unspecified atom stereocenters. The Hall–Kier alpha value is -3.64. The van der Waals surface area contributed by atoms with E-state index in [4.69, 9.17) is 10.8 Å². The Morgan fingerprint density at radius 1 is 1.26 bits per heavy atom. The molecule has 2 aliphatic heterocycles. The van der Waals surface area contributed by atoms with Crippen molar-refractivity contribution in [3.8, 4) is 11.4 Å². The van der Waals surface area contributed by atoms with Gasteiger partial charge >= 0.3 is 6.16 Å². The second-order valence-electron chi connectivity index (χ2n) is 9.57. The average Bonchev–Trinajstić information content (AvgIpc) is 3.25. The number of rotatable bonds is 5. The summed E-state index contributed by atoms with van der Waals surface area (Å²) in [6.45, 7) is 4.95. The molecule has 1 fully saturated rings. The van der Waals surface area contributed by atoms with Gasteiger partial charge in [0.2, 0.25) is 0 Å². The molecule has 4 heterocycles. The van der Waals surface area contributed by atoms with E-state index in [0.29, 0.717) is 39.0 Å². The van der Waals surface area contributed by atoms with E-state index in [9.17, 15) is 27.9 Å². The molecule has 5 rings (SSSR count). The number of ether oxygens (including phenoxy) is 1. The number of halogens is 3. The maximum atomic E-state index is 14.4. The van der Waals surface area contributed by atoms with Crippen LogP contribution in [0.2, 0.25) is 0 Å². The van der Waals surface area contributed by atoms with Crippen LogP contribution in [0.3, 0.4) is 0 Å². The first-order valence-electron chi connectivity index (χ1n) is 12.7. The molecule has 4 N–H and O–H groups in total. The van der Waals surface area contributed by atoms with E-state index in [1.54, 1.807) is 17.9 Å². The molecule has 1 saturated heterocycles.